The van der Waals surface area contributed by atoms with Gasteiger partial charge in [0, 0.05) is 52.1 Å². The van der Waals surface area contributed by atoms with E-state index in [2.05, 4.69) is 38.6 Å². The molecule has 0 spiro atoms. The second-order valence-corrected chi connectivity index (χ2v) is 6.39. The molecule has 1 rings (SSSR count). The fourth-order valence-corrected chi connectivity index (χ4v) is 2.79. The van der Waals surface area contributed by atoms with Crippen molar-refractivity contribution < 1.29 is 0 Å². The number of guanidine groups is 1. The zero-order valence-electron chi connectivity index (χ0n) is 14.4. The van der Waals surface area contributed by atoms with Crippen molar-refractivity contribution >= 4 is 41.7 Å². The maximum atomic E-state index is 4.23. The summed E-state index contributed by atoms with van der Waals surface area (Å²) in [6.07, 6.45) is 4.59. The van der Waals surface area contributed by atoms with Crippen LogP contribution >= 0.6 is 35.7 Å². The molecule has 22 heavy (non-hydrogen) atoms. The quantitative estimate of drug-likeness (QED) is 0.245. The molecule has 0 amide bonds. The van der Waals surface area contributed by atoms with Crippen molar-refractivity contribution in [2.24, 2.45) is 4.99 Å². The maximum absolute atomic E-state index is 4.23. The molecule has 132 valence electrons. The predicted molar refractivity (Wildman–Crippen MR) is 111 cm³/mol. The Kier molecular flexibility index (Phi) is 15.0. The van der Waals surface area contributed by atoms with Crippen molar-refractivity contribution in [2.45, 2.75) is 19.8 Å². The molecule has 1 fully saturated rings. The van der Waals surface area contributed by atoms with Gasteiger partial charge in [0.1, 0.15) is 0 Å². The number of aliphatic imine (C=N–C) groups is 1. The largest absolute Gasteiger partial charge is 0.356 e. The van der Waals surface area contributed by atoms with Crippen molar-refractivity contribution in [3.63, 3.8) is 0 Å². The summed E-state index contributed by atoms with van der Waals surface area (Å²) in [6.45, 7) is 11.6. The first-order valence-electron chi connectivity index (χ1n) is 8.18. The fourth-order valence-electron chi connectivity index (χ4n) is 2.49. The van der Waals surface area contributed by atoms with Gasteiger partial charge in [-0.05, 0) is 32.2 Å². The molecule has 2 N–H and O–H groups in total. The summed E-state index contributed by atoms with van der Waals surface area (Å²) in [6, 6.07) is 0. The molecule has 0 atom stereocenters. The summed E-state index contributed by atoms with van der Waals surface area (Å²) in [5.41, 5.74) is 0. The SMILES string of the molecule is CCN1CCN(CCCCNC(=NC)NCCSC)CC1.I. The molecular weight excluding hydrogens is 409 g/mol. The summed E-state index contributed by atoms with van der Waals surface area (Å²) in [5, 5.41) is 6.71. The van der Waals surface area contributed by atoms with Gasteiger partial charge in [-0.3, -0.25) is 4.99 Å². The first-order valence-corrected chi connectivity index (χ1v) is 9.57. The highest BCUT2D eigenvalue weighted by atomic mass is 127. The van der Waals surface area contributed by atoms with E-state index in [-0.39, 0.29) is 24.0 Å². The smallest absolute Gasteiger partial charge is 0.191 e. The third-order valence-corrected chi connectivity index (χ3v) is 4.54. The van der Waals surface area contributed by atoms with Gasteiger partial charge in [0.25, 0.3) is 0 Å². The Hall–Kier alpha value is 0.270. The van der Waals surface area contributed by atoms with Crippen LogP contribution in [0.15, 0.2) is 4.99 Å². The standard InChI is InChI=1S/C15H33N5S.HI/c1-4-19-10-12-20(13-11-19)9-6-5-7-17-15(16-2)18-8-14-21-3;/h4-14H2,1-3H3,(H2,16,17,18);1H. The van der Waals surface area contributed by atoms with E-state index in [1.165, 1.54) is 52.1 Å². The average Bonchev–Trinajstić information content (AvgIpc) is 2.53. The van der Waals surface area contributed by atoms with Gasteiger partial charge in [0.15, 0.2) is 5.96 Å². The molecule has 0 aromatic rings. The molecule has 0 radical (unpaired) electrons. The van der Waals surface area contributed by atoms with Crippen molar-refractivity contribution in [1.29, 1.82) is 0 Å². The monoisotopic (exact) mass is 443 g/mol. The molecule has 1 heterocycles. The summed E-state index contributed by atoms with van der Waals surface area (Å²) in [7, 11) is 1.83. The van der Waals surface area contributed by atoms with Crippen LogP contribution in [0.1, 0.15) is 19.8 Å². The Morgan fingerprint density at radius 1 is 1.05 bits per heavy atom. The molecule has 0 saturated carbocycles. The van der Waals surface area contributed by atoms with Crippen molar-refractivity contribution in [1.82, 2.24) is 20.4 Å². The summed E-state index contributed by atoms with van der Waals surface area (Å²) >= 11 is 1.85. The normalized spacial score (nSPS) is 17.1. The minimum Gasteiger partial charge on any atom is -0.356 e. The predicted octanol–water partition coefficient (Wildman–Crippen LogP) is 1.55. The van der Waals surface area contributed by atoms with Crippen LogP contribution < -0.4 is 10.6 Å². The van der Waals surface area contributed by atoms with E-state index in [0.29, 0.717) is 0 Å². The summed E-state index contributed by atoms with van der Waals surface area (Å²) < 4.78 is 0. The highest BCUT2D eigenvalue weighted by Crippen LogP contribution is 2.02. The number of rotatable bonds is 9. The van der Waals surface area contributed by atoms with Crippen LogP contribution in [0.2, 0.25) is 0 Å². The van der Waals surface area contributed by atoms with E-state index < -0.39 is 0 Å². The van der Waals surface area contributed by atoms with Crippen LogP contribution in [0.5, 0.6) is 0 Å². The van der Waals surface area contributed by atoms with Gasteiger partial charge < -0.3 is 20.4 Å². The minimum atomic E-state index is 0. The number of hydrogen-bond acceptors (Lipinski definition) is 4. The van der Waals surface area contributed by atoms with Gasteiger partial charge in [0.05, 0.1) is 0 Å². The van der Waals surface area contributed by atoms with E-state index in [1.54, 1.807) is 0 Å². The average molecular weight is 443 g/mol. The Morgan fingerprint density at radius 2 is 1.68 bits per heavy atom. The molecule has 0 bridgehead atoms. The van der Waals surface area contributed by atoms with Crippen LogP contribution in [0.3, 0.4) is 0 Å². The lowest BCUT2D eigenvalue weighted by Crippen LogP contribution is -2.46. The maximum Gasteiger partial charge on any atom is 0.191 e. The molecule has 7 heteroatoms. The second-order valence-electron chi connectivity index (χ2n) is 5.40. The van der Waals surface area contributed by atoms with E-state index >= 15 is 0 Å². The van der Waals surface area contributed by atoms with E-state index in [4.69, 9.17) is 0 Å². The van der Waals surface area contributed by atoms with Gasteiger partial charge in [0.2, 0.25) is 0 Å². The lowest BCUT2D eigenvalue weighted by Gasteiger charge is -2.34. The number of piperazine rings is 1. The van der Waals surface area contributed by atoms with Crippen LogP contribution in [-0.2, 0) is 0 Å². The number of nitrogens with one attached hydrogen (secondary N) is 2. The minimum absolute atomic E-state index is 0. The number of unbranched alkanes of at least 4 members (excludes halogenated alkanes) is 1. The first-order chi connectivity index (χ1) is 10.3. The van der Waals surface area contributed by atoms with Gasteiger partial charge in [-0.1, -0.05) is 6.92 Å². The number of hydrogen-bond donors (Lipinski definition) is 2. The number of thioether (sulfide) groups is 1. The van der Waals surface area contributed by atoms with E-state index in [9.17, 15) is 0 Å². The van der Waals surface area contributed by atoms with Crippen LogP contribution in [0, 0.1) is 0 Å². The van der Waals surface area contributed by atoms with E-state index in [1.807, 2.05) is 18.8 Å². The topological polar surface area (TPSA) is 42.9 Å². The molecule has 5 nitrogen and oxygen atoms in total. The molecule has 0 aromatic carbocycles. The summed E-state index contributed by atoms with van der Waals surface area (Å²) in [5.74, 6) is 2.05. The van der Waals surface area contributed by atoms with Gasteiger partial charge in [-0.25, -0.2) is 0 Å². The van der Waals surface area contributed by atoms with Crippen LogP contribution in [-0.4, -0.2) is 87.2 Å². The zero-order chi connectivity index (χ0) is 15.3. The van der Waals surface area contributed by atoms with Gasteiger partial charge in [-0.15, -0.1) is 24.0 Å². The number of nitrogens with zero attached hydrogens (tertiary/aromatic N) is 3. The Morgan fingerprint density at radius 3 is 2.27 bits per heavy atom. The fraction of sp³-hybridized carbons (Fsp3) is 0.933. The Labute approximate surface area is 158 Å². The molecule has 1 aliphatic heterocycles. The highest BCUT2D eigenvalue weighted by Gasteiger charge is 2.14. The third-order valence-electron chi connectivity index (χ3n) is 3.93. The Balaban J connectivity index is 0.00000441. The van der Waals surface area contributed by atoms with Crippen LogP contribution in [0.25, 0.3) is 0 Å². The highest BCUT2D eigenvalue weighted by molar-refractivity contribution is 14.0. The van der Waals surface area contributed by atoms with E-state index in [0.717, 1.165) is 24.8 Å². The van der Waals surface area contributed by atoms with Gasteiger partial charge in [-0.2, -0.15) is 11.8 Å². The molecule has 0 unspecified atom stereocenters. The summed E-state index contributed by atoms with van der Waals surface area (Å²) in [4.78, 5) is 9.36. The lowest BCUT2D eigenvalue weighted by atomic mass is 10.2. The molecular formula is C15H34IN5S. The van der Waals surface area contributed by atoms with Crippen molar-refractivity contribution in [3.05, 3.63) is 0 Å². The van der Waals surface area contributed by atoms with Gasteiger partial charge >= 0.3 is 0 Å². The lowest BCUT2D eigenvalue weighted by molar-refractivity contribution is 0.136. The van der Waals surface area contributed by atoms with Crippen LogP contribution in [0.4, 0.5) is 0 Å². The van der Waals surface area contributed by atoms with Crippen molar-refractivity contribution in [3.8, 4) is 0 Å². The zero-order valence-corrected chi connectivity index (χ0v) is 17.6. The number of likely N-dealkylation sites (N-methyl/N-ethyl adjacent to an activating group) is 1. The first kappa shape index (κ1) is 22.3. The second kappa shape index (κ2) is 14.8. The Bertz CT molecular complexity index is 283. The van der Waals surface area contributed by atoms with Crippen molar-refractivity contribution in [2.75, 3.05) is 71.4 Å². The molecule has 0 aliphatic carbocycles. The third kappa shape index (κ3) is 10.1. The molecule has 1 saturated heterocycles. The molecule has 0 aromatic heterocycles. The molecule has 1 aliphatic rings. The number of halogens is 1.